The summed E-state index contributed by atoms with van der Waals surface area (Å²) in [6.07, 6.45) is 0. The van der Waals surface area contributed by atoms with Crippen LogP contribution in [0.3, 0.4) is 0 Å². The molecule has 0 aromatic heterocycles. The molecule has 0 aliphatic rings. The van der Waals surface area contributed by atoms with Gasteiger partial charge in [0.15, 0.2) is 0 Å². The molecule has 0 unspecified atom stereocenters. The molecular formula is C9H10O3. The van der Waals surface area contributed by atoms with E-state index in [4.69, 9.17) is 4.74 Å². The number of rotatable bonds is 1. The van der Waals surface area contributed by atoms with Crippen LogP contribution in [0.25, 0.3) is 0 Å². The lowest BCUT2D eigenvalue weighted by Crippen LogP contribution is -2.00. The van der Waals surface area contributed by atoms with E-state index in [1.807, 2.05) is 0 Å². The van der Waals surface area contributed by atoms with Crippen LogP contribution in [-0.4, -0.2) is 11.1 Å². The van der Waals surface area contributed by atoms with Gasteiger partial charge in [0, 0.05) is 13.0 Å². The molecule has 0 bridgehead atoms. The van der Waals surface area contributed by atoms with E-state index in [0.717, 1.165) is 5.56 Å². The minimum absolute atomic E-state index is 0.133. The zero-order valence-electron chi connectivity index (χ0n) is 7.00. The third-order valence-electron chi connectivity index (χ3n) is 1.44. The molecule has 12 heavy (non-hydrogen) atoms. The number of aryl methyl sites for hydroxylation is 1. The molecule has 1 rings (SSSR count). The second kappa shape index (κ2) is 3.26. The van der Waals surface area contributed by atoms with E-state index >= 15 is 0 Å². The lowest BCUT2D eigenvalue weighted by molar-refractivity contribution is -0.131. The van der Waals surface area contributed by atoms with Crippen molar-refractivity contribution in [1.82, 2.24) is 0 Å². The first-order chi connectivity index (χ1) is 5.59. The molecular weight excluding hydrogens is 156 g/mol. The third-order valence-corrected chi connectivity index (χ3v) is 1.44. The van der Waals surface area contributed by atoms with Crippen LogP contribution in [0.15, 0.2) is 18.2 Å². The summed E-state index contributed by atoms with van der Waals surface area (Å²) >= 11 is 0. The smallest absolute Gasteiger partial charge is 0.308 e. The molecule has 1 aromatic rings. The van der Waals surface area contributed by atoms with Crippen molar-refractivity contribution in [2.45, 2.75) is 13.8 Å². The van der Waals surface area contributed by atoms with Crippen molar-refractivity contribution in [2.24, 2.45) is 0 Å². The number of carbonyl (C=O) groups is 1. The Morgan fingerprint density at radius 3 is 2.67 bits per heavy atom. The Kier molecular flexibility index (Phi) is 2.33. The van der Waals surface area contributed by atoms with Crippen LogP contribution in [0, 0.1) is 6.92 Å². The highest BCUT2D eigenvalue weighted by atomic mass is 16.5. The molecule has 0 radical (unpaired) electrons. The number of hydrogen-bond donors (Lipinski definition) is 1. The lowest BCUT2D eigenvalue weighted by Gasteiger charge is -2.02. The summed E-state index contributed by atoms with van der Waals surface area (Å²) in [5.74, 6) is 0.109. The Morgan fingerprint density at radius 1 is 1.50 bits per heavy atom. The standard InChI is InChI=1S/C9H10O3/c1-6-3-4-8(5-9(6)11)12-7(2)10/h3-5,11H,1-2H3. The van der Waals surface area contributed by atoms with E-state index < -0.39 is 5.97 Å². The van der Waals surface area contributed by atoms with Gasteiger partial charge in [-0.05, 0) is 18.6 Å². The quantitative estimate of drug-likeness (QED) is 0.509. The van der Waals surface area contributed by atoms with Crippen LogP contribution >= 0.6 is 0 Å². The summed E-state index contributed by atoms with van der Waals surface area (Å²) in [4.78, 5) is 10.5. The molecule has 0 atom stereocenters. The van der Waals surface area contributed by atoms with E-state index in [1.54, 1.807) is 19.1 Å². The minimum atomic E-state index is -0.391. The molecule has 3 heteroatoms. The summed E-state index contributed by atoms with van der Waals surface area (Å²) in [7, 11) is 0. The number of phenolic OH excluding ortho intramolecular Hbond substituents is 1. The van der Waals surface area contributed by atoms with Gasteiger partial charge in [-0.1, -0.05) is 6.07 Å². The average Bonchev–Trinajstić information content (AvgIpc) is 1.96. The van der Waals surface area contributed by atoms with Gasteiger partial charge in [0.1, 0.15) is 11.5 Å². The number of ether oxygens (including phenoxy) is 1. The fourth-order valence-corrected chi connectivity index (χ4v) is 0.819. The average molecular weight is 166 g/mol. The normalized spacial score (nSPS) is 9.50. The monoisotopic (exact) mass is 166 g/mol. The zero-order chi connectivity index (χ0) is 9.14. The number of phenols is 1. The SMILES string of the molecule is CC(=O)Oc1ccc(C)c(O)c1. The van der Waals surface area contributed by atoms with Gasteiger partial charge >= 0.3 is 5.97 Å². The zero-order valence-corrected chi connectivity index (χ0v) is 7.00. The summed E-state index contributed by atoms with van der Waals surface area (Å²) in [6.45, 7) is 3.09. The number of benzene rings is 1. The maximum Gasteiger partial charge on any atom is 0.308 e. The van der Waals surface area contributed by atoms with Crippen LogP contribution in [0.4, 0.5) is 0 Å². The number of hydrogen-bond acceptors (Lipinski definition) is 3. The van der Waals surface area contributed by atoms with Crippen LogP contribution in [-0.2, 0) is 4.79 Å². The van der Waals surface area contributed by atoms with Gasteiger partial charge in [0.2, 0.25) is 0 Å². The summed E-state index contributed by atoms with van der Waals surface area (Å²) in [5.41, 5.74) is 0.755. The highest BCUT2D eigenvalue weighted by Gasteiger charge is 2.00. The topological polar surface area (TPSA) is 46.5 Å². The van der Waals surface area contributed by atoms with Crippen molar-refractivity contribution in [3.63, 3.8) is 0 Å². The van der Waals surface area contributed by atoms with Gasteiger partial charge in [-0.15, -0.1) is 0 Å². The molecule has 0 saturated heterocycles. The summed E-state index contributed by atoms with van der Waals surface area (Å²) in [5, 5.41) is 9.22. The predicted octanol–water partition coefficient (Wildman–Crippen LogP) is 1.63. The molecule has 0 fully saturated rings. The van der Waals surface area contributed by atoms with Crippen LogP contribution < -0.4 is 4.74 Å². The van der Waals surface area contributed by atoms with E-state index in [1.165, 1.54) is 13.0 Å². The number of esters is 1. The fourth-order valence-electron chi connectivity index (χ4n) is 0.819. The molecule has 0 aliphatic heterocycles. The van der Waals surface area contributed by atoms with Crippen LogP contribution in [0.5, 0.6) is 11.5 Å². The molecule has 0 saturated carbocycles. The Bertz CT molecular complexity index is 305. The van der Waals surface area contributed by atoms with Crippen molar-refractivity contribution in [1.29, 1.82) is 0 Å². The number of carbonyl (C=O) groups excluding carboxylic acids is 1. The Morgan fingerprint density at radius 2 is 2.17 bits per heavy atom. The van der Waals surface area contributed by atoms with Gasteiger partial charge in [-0.2, -0.15) is 0 Å². The van der Waals surface area contributed by atoms with Gasteiger partial charge in [-0.25, -0.2) is 0 Å². The Labute approximate surface area is 70.6 Å². The van der Waals surface area contributed by atoms with Gasteiger partial charge in [-0.3, -0.25) is 4.79 Å². The van der Waals surface area contributed by atoms with Crippen molar-refractivity contribution >= 4 is 5.97 Å². The van der Waals surface area contributed by atoms with Gasteiger partial charge < -0.3 is 9.84 Å². The maximum atomic E-state index is 10.5. The molecule has 3 nitrogen and oxygen atoms in total. The maximum absolute atomic E-state index is 10.5. The highest BCUT2D eigenvalue weighted by molar-refractivity contribution is 5.69. The third kappa shape index (κ3) is 1.99. The Balaban J connectivity index is 2.89. The first-order valence-corrected chi connectivity index (χ1v) is 3.57. The van der Waals surface area contributed by atoms with E-state index in [9.17, 15) is 9.90 Å². The first-order valence-electron chi connectivity index (χ1n) is 3.57. The summed E-state index contributed by atoms with van der Waals surface area (Å²) in [6, 6.07) is 4.74. The second-order valence-electron chi connectivity index (χ2n) is 2.54. The largest absolute Gasteiger partial charge is 0.508 e. The molecule has 64 valence electrons. The van der Waals surface area contributed by atoms with E-state index in [0.29, 0.717) is 5.75 Å². The first kappa shape index (κ1) is 8.59. The molecule has 0 aliphatic carbocycles. The van der Waals surface area contributed by atoms with Gasteiger partial charge in [0.25, 0.3) is 0 Å². The van der Waals surface area contributed by atoms with Gasteiger partial charge in [0.05, 0.1) is 0 Å². The highest BCUT2D eigenvalue weighted by Crippen LogP contribution is 2.22. The Hall–Kier alpha value is -1.51. The fraction of sp³-hybridized carbons (Fsp3) is 0.222. The summed E-state index contributed by atoms with van der Waals surface area (Å²) < 4.78 is 4.75. The molecule has 0 spiro atoms. The van der Waals surface area contributed by atoms with Crippen molar-refractivity contribution in [3.8, 4) is 11.5 Å². The van der Waals surface area contributed by atoms with Crippen molar-refractivity contribution in [2.75, 3.05) is 0 Å². The molecule has 0 heterocycles. The van der Waals surface area contributed by atoms with E-state index in [2.05, 4.69) is 0 Å². The second-order valence-corrected chi connectivity index (χ2v) is 2.54. The number of aromatic hydroxyl groups is 1. The molecule has 0 amide bonds. The minimum Gasteiger partial charge on any atom is -0.508 e. The predicted molar refractivity (Wildman–Crippen MR) is 44.2 cm³/mol. The molecule has 1 N–H and O–H groups in total. The van der Waals surface area contributed by atoms with Crippen molar-refractivity contribution < 1.29 is 14.6 Å². The van der Waals surface area contributed by atoms with Crippen LogP contribution in [0.2, 0.25) is 0 Å². The van der Waals surface area contributed by atoms with E-state index in [-0.39, 0.29) is 5.75 Å². The van der Waals surface area contributed by atoms with Crippen molar-refractivity contribution in [3.05, 3.63) is 23.8 Å². The lowest BCUT2D eigenvalue weighted by atomic mass is 10.2. The van der Waals surface area contributed by atoms with Crippen LogP contribution in [0.1, 0.15) is 12.5 Å². The molecule has 1 aromatic carbocycles.